The molecular weight excluding hydrogens is 414 g/mol. The number of rotatable bonds is 11. The van der Waals surface area contributed by atoms with Gasteiger partial charge in [-0.1, -0.05) is 0 Å². The van der Waals surface area contributed by atoms with Gasteiger partial charge in [0.25, 0.3) is 0 Å². The van der Waals surface area contributed by atoms with Crippen molar-refractivity contribution in [1.82, 2.24) is 10.6 Å². The van der Waals surface area contributed by atoms with Crippen LogP contribution in [-0.2, 0) is 9.47 Å². The van der Waals surface area contributed by atoms with Crippen LogP contribution >= 0.6 is 24.0 Å². The normalized spacial score (nSPS) is 12.0. The van der Waals surface area contributed by atoms with Gasteiger partial charge in [0.2, 0.25) is 0 Å². The van der Waals surface area contributed by atoms with E-state index in [4.69, 9.17) is 9.47 Å². The first kappa shape index (κ1) is 24.0. The lowest BCUT2D eigenvalue weighted by molar-refractivity contribution is -0.132. The van der Waals surface area contributed by atoms with Gasteiger partial charge in [-0.25, -0.2) is 0 Å². The smallest absolute Gasteiger partial charge is 0.382 e. The number of nitrogens with one attached hydrogen (secondary N) is 2. The van der Waals surface area contributed by atoms with Crippen molar-refractivity contribution in [1.29, 1.82) is 0 Å². The van der Waals surface area contributed by atoms with Crippen LogP contribution in [0.5, 0.6) is 0 Å². The van der Waals surface area contributed by atoms with Gasteiger partial charge in [-0.2, -0.15) is 13.2 Å². The Bertz CT molecular complexity index is 280. The highest BCUT2D eigenvalue weighted by Crippen LogP contribution is 2.17. The molecule has 0 saturated carbocycles. The molecule has 0 radical (unpaired) electrons. The van der Waals surface area contributed by atoms with E-state index in [9.17, 15) is 13.2 Å². The molecule has 0 heterocycles. The van der Waals surface area contributed by atoms with Gasteiger partial charge in [0, 0.05) is 33.4 Å². The molecule has 0 aliphatic heterocycles. The lowest BCUT2D eigenvalue weighted by Gasteiger charge is -2.12. The van der Waals surface area contributed by atoms with E-state index in [1.165, 1.54) is 0 Å². The summed E-state index contributed by atoms with van der Waals surface area (Å²) in [5.74, 6) is 0.419. The first-order valence-electron chi connectivity index (χ1n) is 7.15. The highest BCUT2D eigenvalue weighted by molar-refractivity contribution is 14.0. The second kappa shape index (κ2) is 15.6. The van der Waals surface area contributed by atoms with Crippen LogP contribution in [0.2, 0.25) is 0 Å². The van der Waals surface area contributed by atoms with Crippen LogP contribution in [0.15, 0.2) is 4.99 Å². The van der Waals surface area contributed by atoms with Crippen molar-refractivity contribution < 1.29 is 22.6 Å². The van der Waals surface area contributed by atoms with Crippen LogP contribution in [0, 0.1) is 0 Å². The maximum absolute atomic E-state index is 12.0. The number of hydrogen-bond acceptors (Lipinski definition) is 3. The molecule has 0 saturated heterocycles. The summed E-state index contributed by atoms with van der Waals surface area (Å²) in [5.41, 5.74) is 0. The van der Waals surface area contributed by atoms with Crippen LogP contribution in [0.3, 0.4) is 0 Å². The second-order valence-corrected chi connectivity index (χ2v) is 4.36. The molecule has 0 unspecified atom stereocenters. The predicted octanol–water partition coefficient (Wildman–Crippen LogP) is 2.56. The van der Waals surface area contributed by atoms with Crippen LogP contribution in [-0.4, -0.2) is 58.7 Å². The first-order chi connectivity index (χ1) is 9.99. The third kappa shape index (κ3) is 17.8. The topological polar surface area (TPSA) is 54.9 Å². The van der Waals surface area contributed by atoms with Gasteiger partial charge in [0.1, 0.15) is 0 Å². The number of alkyl halides is 3. The zero-order chi connectivity index (χ0) is 16.0. The Kier molecular flexibility index (Phi) is 17.0. The van der Waals surface area contributed by atoms with E-state index in [2.05, 4.69) is 15.6 Å². The van der Waals surface area contributed by atoms with Crippen molar-refractivity contribution >= 4 is 29.9 Å². The summed E-state index contributed by atoms with van der Waals surface area (Å²) in [4.78, 5) is 4.21. The van der Waals surface area contributed by atoms with E-state index in [0.29, 0.717) is 38.9 Å². The zero-order valence-corrected chi connectivity index (χ0v) is 15.5. The summed E-state index contributed by atoms with van der Waals surface area (Å²) < 4.78 is 46.3. The van der Waals surface area contributed by atoms with Crippen molar-refractivity contribution in [2.24, 2.45) is 4.99 Å². The molecule has 0 rings (SSSR count). The number of nitrogens with zero attached hydrogens (tertiary/aromatic N) is 1. The fourth-order valence-corrected chi connectivity index (χ4v) is 1.42. The van der Waals surface area contributed by atoms with Gasteiger partial charge >= 0.3 is 6.18 Å². The molecule has 0 aromatic carbocycles. The third-order valence-corrected chi connectivity index (χ3v) is 2.44. The van der Waals surface area contributed by atoms with Gasteiger partial charge < -0.3 is 20.1 Å². The molecule has 0 aromatic heterocycles. The molecule has 5 nitrogen and oxygen atoms in total. The van der Waals surface area contributed by atoms with E-state index < -0.39 is 12.6 Å². The molecule has 0 aromatic rings. The van der Waals surface area contributed by atoms with E-state index in [1.54, 1.807) is 7.11 Å². The Morgan fingerprint density at radius 1 is 1.09 bits per heavy atom. The number of guanidine groups is 1. The van der Waals surface area contributed by atoms with Crippen LogP contribution in [0.25, 0.3) is 0 Å². The Hall–Kier alpha value is -0.290. The minimum absolute atomic E-state index is 0. The number of ether oxygens (including phenoxy) is 2. The summed E-state index contributed by atoms with van der Waals surface area (Å²) in [6.45, 7) is 4.64. The number of unbranched alkanes of at least 4 members (excludes halogenated alkanes) is 1. The largest absolute Gasteiger partial charge is 0.390 e. The van der Waals surface area contributed by atoms with Gasteiger partial charge in [0.05, 0.1) is 19.6 Å². The highest BCUT2D eigenvalue weighted by Gasteiger charge is 2.26. The summed E-state index contributed by atoms with van der Waals surface area (Å²) >= 11 is 0. The third-order valence-electron chi connectivity index (χ3n) is 2.44. The SMILES string of the molecule is CCNC(=NCCCCOCCOC)NCCC(F)(F)F.I. The van der Waals surface area contributed by atoms with E-state index in [-0.39, 0.29) is 30.5 Å². The highest BCUT2D eigenvalue weighted by atomic mass is 127. The average molecular weight is 441 g/mol. The number of hydrogen-bond donors (Lipinski definition) is 2. The van der Waals surface area contributed by atoms with Crippen LogP contribution in [0.4, 0.5) is 13.2 Å². The second-order valence-electron chi connectivity index (χ2n) is 4.36. The molecule has 2 N–H and O–H groups in total. The number of methoxy groups -OCH3 is 1. The average Bonchev–Trinajstić information content (AvgIpc) is 2.40. The van der Waals surface area contributed by atoms with Crippen LogP contribution < -0.4 is 10.6 Å². The maximum atomic E-state index is 12.0. The van der Waals surface area contributed by atoms with E-state index in [1.807, 2.05) is 6.92 Å². The lowest BCUT2D eigenvalue weighted by atomic mass is 10.3. The van der Waals surface area contributed by atoms with Gasteiger partial charge in [-0.3, -0.25) is 4.99 Å². The summed E-state index contributed by atoms with van der Waals surface area (Å²) in [6, 6.07) is 0. The molecule has 9 heteroatoms. The molecule has 22 heavy (non-hydrogen) atoms. The molecule has 0 spiro atoms. The van der Waals surface area contributed by atoms with Crippen molar-refractivity contribution in [3.05, 3.63) is 0 Å². The standard InChI is InChI=1S/C13H26F3N3O2.HI/c1-3-17-12(19-8-6-13(14,15)16)18-7-4-5-9-21-11-10-20-2;/h3-11H2,1-2H3,(H2,17,18,19);1H. The molecule has 0 bridgehead atoms. The maximum Gasteiger partial charge on any atom is 0.390 e. The van der Waals surface area contributed by atoms with Crippen molar-refractivity contribution in [2.75, 3.05) is 46.6 Å². The molecule has 0 aliphatic carbocycles. The first-order valence-corrected chi connectivity index (χ1v) is 7.15. The quantitative estimate of drug-likeness (QED) is 0.224. The summed E-state index contributed by atoms with van der Waals surface area (Å²) in [7, 11) is 1.62. The van der Waals surface area contributed by atoms with Gasteiger partial charge in [0.15, 0.2) is 5.96 Å². The molecule has 0 aliphatic rings. The Morgan fingerprint density at radius 3 is 2.41 bits per heavy atom. The summed E-state index contributed by atoms with van der Waals surface area (Å²) in [6.07, 6.45) is -3.34. The lowest BCUT2D eigenvalue weighted by Crippen LogP contribution is -2.39. The molecule has 0 fully saturated rings. The Labute approximate surface area is 147 Å². The minimum Gasteiger partial charge on any atom is -0.382 e. The number of halogens is 4. The minimum atomic E-state index is -4.15. The van der Waals surface area contributed by atoms with E-state index >= 15 is 0 Å². The predicted molar refractivity (Wildman–Crippen MR) is 92.0 cm³/mol. The number of aliphatic imine (C=N–C) groups is 1. The molecular formula is C13H27F3IN3O2. The Morgan fingerprint density at radius 2 is 1.82 bits per heavy atom. The molecule has 0 amide bonds. The summed E-state index contributed by atoms with van der Waals surface area (Å²) in [5, 5.41) is 5.58. The van der Waals surface area contributed by atoms with Crippen LogP contribution in [0.1, 0.15) is 26.2 Å². The van der Waals surface area contributed by atoms with Gasteiger partial charge in [-0.15, -0.1) is 24.0 Å². The van der Waals surface area contributed by atoms with Gasteiger partial charge in [-0.05, 0) is 19.8 Å². The van der Waals surface area contributed by atoms with E-state index in [0.717, 1.165) is 12.8 Å². The monoisotopic (exact) mass is 441 g/mol. The molecule has 0 atom stereocenters. The Balaban J connectivity index is 0. The fourth-order valence-electron chi connectivity index (χ4n) is 1.42. The fraction of sp³-hybridized carbons (Fsp3) is 0.923. The van der Waals surface area contributed by atoms with Crippen molar-refractivity contribution in [3.63, 3.8) is 0 Å². The zero-order valence-electron chi connectivity index (χ0n) is 13.2. The molecule has 134 valence electrons. The van der Waals surface area contributed by atoms with Crippen molar-refractivity contribution in [3.8, 4) is 0 Å². The van der Waals surface area contributed by atoms with Crippen molar-refractivity contribution in [2.45, 2.75) is 32.4 Å².